The van der Waals surface area contributed by atoms with E-state index < -0.39 is 0 Å². The molecule has 1 N–H and O–H groups in total. The molecule has 0 saturated carbocycles. The molecule has 1 heterocycles. The normalized spacial score (nSPS) is 10.0. The summed E-state index contributed by atoms with van der Waals surface area (Å²) in [4.78, 5) is 10.3. The summed E-state index contributed by atoms with van der Waals surface area (Å²) < 4.78 is 12.7. The summed E-state index contributed by atoms with van der Waals surface area (Å²) in [6.07, 6.45) is 1.58. The van der Waals surface area contributed by atoms with Gasteiger partial charge in [0.05, 0.1) is 5.69 Å². The smallest absolute Gasteiger partial charge is 0.238 e. The zero-order valence-corrected chi connectivity index (χ0v) is 8.37. The minimum atomic E-state index is -0.275. The highest BCUT2D eigenvalue weighted by Gasteiger charge is 2.01. The van der Waals surface area contributed by atoms with Crippen LogP contribution in [0.25, 0.3) is 11.3 Å². The summed E-state index contributed by atoms with van der Waals surface area (Å²) in [5.74, 6) is 0.0435. The van der Waals surface area contributed by atoms with Crippen LogP contribution < -0.4 is 4.84 Å². The molecule has 0 atom stereocenters. The summed E-state index contributed by atoms with van der Waals surface area (Å²) in [7, 11) is 0. The van der Waals surface area contributed by atoms with Crippen molar-refractivity contribution in [1.29, 1.82) is 0 Å². The molecule has 0 spiro atoms. The molecule has 0 unspecified atom stereocenters. The summed E-state index contributed by atoms with van der Waals surface area (Å²) in [5, 5.41) is 0. The maximum absolute atomic E-state index is 12.7. The van der Waals surface area contributed by atoms with Crippen molar-refractivity contribution in [3.05, 3.63) is 42.3 Å². The predicted octanol–water partition coefficient (Wildman–Crippen LogP) is 2.85. The van der Waals surface area contributed by atoms with Gasteiger partial charge in [-0.05, 0) is 30.3 Å². The second kappa shape index (κ2) is 4.23. The third-order valence-electron chi connectivity index (χ3n) is 1.88. The second-order valence-electron chi connectivity index (χ2n) is 2.87. The average molecular weight is 224 g/mol. The van der Waals surface area contributed by atoms with Crippen LogP contribution in [0.15, 0.2) is 36.5 Å². The molecule has 1 aromatic heterocycles. The lowest BCUT2D eigenvalue weighted by Crippen LogP contribution is -1.92. The zero-order chi connectivity index (χ0) is 10.7. The zero-order valence-electron chi connectivity index (χ0n) is 7.61. The first kappa shape index (κ1) is 9.86. The molecule has 0 amide bonds. The van der Waals surface area contributed by atoms with Crippen LogP contribution in [0, 0.1) is 5.82 Å². The van der Waals surface area contributed by atoms with E-state index in [-0.39, 0.29) is 5.82 Å². The van der Waals surface area contributed by atoms with Crippen LogP contribution in [0.5, 0.6) is 0 Å². The molecule has 5 heteroatoms. The fraction of sp³-hybridized carbons (Fsp3) is 0. The van der Waals surface area contributed by atoms with Crippen LogP contribution in [0.4, 0.5) is 10.3 Å². The van der Waals surface area contributed by atoms with Gasteiger partial charge < -0.3 is 0 Å². The van der Waals surface area contributed by atoms with Crippen molar-refractivity contribution in [3.8, 4) is 11.3 Å². The Hall–Kier alpha value is -1.68. The fourth-order valence-corrected chi connectivity index (χ4v) is 1.28. The molecule has 0 saturated heterocycles. The van der Waals surface area contributed by atoms with Gasteiger partial charge in [0.2, 0.25) is 5.95 Å². The van der Waals surface area contributed by atoms with Gasteiger partial charge >= 0.3 is 0 Å². The van der Waals surface area contributed by atoms with Crippen LogP contribution in [-0.4, -0.2) is 9.97 Å². The third-order valence-corrected chi connectivity index (χ3v) is 2.05. The largest absolute Gasteiger partial charge is 0.266 e. The second-order valence-corrected chi connectivity index (χ2v) is 3.06. The Morgan fingerprint density at radius 3 is 2.53 bits per heavy atom. The molecule has 1 aromatic carbocycles. The van der Waals surface area contributed by atoms with Crippen LogP contribution in [0.1, 0.15) is 0 Å². The number of anilines is 1. The van der Waals surface area contributed by atoms with Crippen LogP contribution in [0.2, 0.25) is 0 Å². The van der Waals surface area contributed by atoms with Gasteiger partial charge in [0.25, 0.3) is 0 Å². The lowest BCUT2D eigenvalue weighted by Gasteiger charge is -2.01. The number of rotatable bonds is 2. The Labute approximate surface area is 91.1 Å². The van der Waals surface area contributed by atoms with Gasteiger partial charge in [-0.3, -0.25) is 4.84 Å². The highest BCUT2D eigenvalue weighted by molar-refractivity contribution is 6.23. The molecule has 2 aromatic rings. The third kappa shape index (κ3) is 2.22. The molecule has 0 bridgehead atoms. The molecule has 3 nitrogen and oxygen atoms in total. The van der Waals surface area contributed by atoms with E-state index in [2.05, 4.69) is 14.8 Å². The summed E-state index contributed by atoms with van der Waals surface area (Å²) in [6, 6.07) is 7.78. The van der Waals surface area contributed by atoms with E-state index in [1.54, 1.807) is 24.4 Å². The number of benzene rings is 1. The number of halogens is 2. The van der Waals surface area contributed by atoms with Crippen molar-refractivity contribution in [2.45, 2.75) is 0 Å². The van der Waals surface area contributed by atoms with Gasteiger partial charge in [0, 0.05) is 23.5 Å². The van der Waals surface area contributed by atoms with E-state index in [1.807, 2.05) is 0 Å². The van der Waals surface area contributed by atoms with Crippen molar-refractivity contribution in [2.24, 2.45) is 0 Å². The van der Waals surface area contributed by atoms with E-state index in [4.69, 9.17) is 11.8 Å². The van der Waals surface area contributed by atoms with Gasteiger partial charge in [-0.2, -0.15) is 0 Å². The minimum Gasteiger partial charge on any atom is -0.266 e. The summed E-state index contributed by atoms with van der Waals surface area (Å²) in [6.45, 7) is 0. The predicted molar refractivity (Wildman–Crippen MR) is 56.9 cm³/mol. The molecule has 15 heavy (non-hydrogen) atoms. The Balaban J connectivity index is 2.40. The number of hydrogen-bond donors (Lipinski definition) is 1. The Morgan fingerprint density at radius 1 is 1.13 bits per heavy atom. The highest BCUT2D eigenvalue weighted by atomic mass is 35.5. The monoisotopic (exact) mass is 223 g/mol. The van der Waals surface area contributed by atoms with Gasteiger partial charge in [-0.15, -0.1) is 0 Å². The first-order valence-electron chi connectivity index (χ1n) is 4.25. The van der Waals surface area contributed by atoms with Crippen LogP contribution in [-0.2, 0) is 0 Å². The average Bonchev–Trinajstić information content (AvgIpc) is 2.30. The number of nitrogens with zero attached hydrogens (tertiary/aromatic N) is 2. The summed E-state index contributed by atoms with van der Waals surface area (Å²) >= 11 is 5.38. The standard InChI is InChI=1S/C10H7ClFN3/c11-15-10-13-6-5-9(14-10)7-1-3-8(12)4-2-7/h1-6H,(H,13,14,15). The van der Waals surface area contributed by atoms with Gasteiger partial charge in [-0.1, -0.05) is 0 Å². The lowest BCUT2D eigenvalue weighted by molar-refractivity contribution is 0.628. The Morgan fingerprint density at radius 2 is 1.87 bits per heavy atom. The van der Waals surface area contributed by atoms with E-state index in [1.165, 1.54) is 12.1 Å². The molecular weight excluding hydrogens is 217 g/mol. The lowest BCUT2D eigenvalue weighted by atomic mass is 10.1. The molecule has 2 rings (SSSR count). The quantitative estimate of drug-likeness (QED) is 0.796. The Bertz CT molecular complexity index is 458. The van der Waals surface area contributed by atoms with E-state index in [0.717, 1.165) is 5.56 Å². The molecular formula is C10H7ClFN3. The fourth-order valence-electron chi connectivity index (χ4n) is 1.19. The van der Waals surface area contributed by atoms with Crippen molar-refractivity contribution in [3.63, 3.8) is 0 Å². The molecule has 0 aliphatic rings. The highest BCUT2D eigenvalue weighted by Crippen LogP contribution is 2.17. The molecule has 0 radical (unpaired) electrons. The number of nitrogens with one attached hydrogen (secondary N) is 1. The first-order chi connectivity index (χ1) is 7.29. The maximum atomic E-state index is 12.7. The molecule has 0 fully saturated rings. The van der Waals surface area contributed by atoms with Crippen LogP contribution >= 0.6 is 11.8 Å². The van der Waals surface area contributed by atoms with E-state index in [9.17, 15) is 4.39 Å². The first-order valence-corrected chi connectivity index (χ1v) is 4.63. The SMILES string of the molecule is Fc1ccc(-c2ccnc(NCl)n2)cc1. The topological polar surface area (TPSA) is 37.8 Å². The van der Waals surface area contributed by atoms with Crippen molar-refractivity contribution >= 4 is 17.7 Å². The van der Waals surface area contributed by atoms with Gasteiger partial charge in [0.1, 0.15) is 5.82 Å². The van der Waals surface area contributed by atoms with Crippen LogP contribution in [0.3, 0.4) is 0 Å². The van der Waals surface area contributed by atoms with Gasteiger partial charge in [-0.25, -0.2) is 14.4 Å². The summed E-state index contributed by atoms with van der Waals surface area (Å²) in [5.41, 5.74) is 1.50. The van der Waals surface area contributed by atoms with Crippen molar-refractivity contribution in [2.75, 3.05) is 4.84 Å². The van der Waals surface area contributed by atoms with E-state index >= 15 is 0 Å². The minimum absolute atomic E-state index is 0.275. The van der Waals surface area contributed by atoms with E-state index in [0.29, 0.717) is 11.6 Å². The Kier molecular flexibility index (Phi) is 2.78. The van der Waals surface area contributed by atoms with Crippen molar-refractivity contribution in [1.82, 2.24) is 9.97 Å². The molecule has 0 aliphatic carbocycles. The molecule has 0 aliphatic heterocycles. The van der Waals surface area contributed by atoms with Gasteiger partial charge in [0.15, 0.2) is 0 Å². The van der Waals surface area contributed by atoms with Crippen molar-refractivity contribution < 1.29 is 4.39 Å². The number of aromatic nitrogens is 2. The molecule has 76 valence electrons. The number of hydrogen-bond acceptors (Lipinski definition) is 3. The maximum Gasteiger partial charge on any atom is 0.238 e.